The predicted octanol–water partition coefficient (Wildman–Crippen LogP) is 0.0111. The van der Waals surface area contributed by atoms with Crippen LogP contribution in [0.15, 0.2) is 29.8 Å². The first-order valence-electron chi connectivity index (χ1n) is 8.58. The van der Waals surface area contributed by atoms with Crippen molar-refractivity contribution < 1.29 is 29.0 Å². The normalized spacial score (nSPS) is 21.6. The Balaban J connectivity index is 2.05. The Morgan fingerprint density at radius 1 is 1.25 bits per heavy atom. The van der Waals surface area contributed by atoms with Gasteiger partial charge in [-0.3, -0.25) is 14.4 Å². The number of rotatable bonds is 7. The minimum absolute atomic E-state index is 0.0597. The fourth-order valence-corrected chi connectivity index (χ4v) is 2.89. The van der Waals surface area contributed by atoms with Crippen LogP contribution in [0.2, 0.25) is 5.02 Å². The van der Waals surface area contributed by atoms with Crippen molar-refractivity contribution in [2.75, 3.05) is 6.54 Å². The second-order valence-corrected chi connectivity index (χ2v) is 6.82. The lowest BCUT2D eigenvalue weighted by atomic mass is 9.89. The zero-order chi connectivity index (χ0) is 20.8. The minimum Gasteiger partial charge on any atom is -0.390 e. The van der Waals surface area contributed by atoms with E-state index in [-0.39, 0.29) is 35.5 Å². The maximum absolute atomic E-state index is 13.2. The molecule has 3 unspecified atom stereocenters. The number of nitrogens with two attached hydrogens (primary N) is 1. The van der Waals surface area contributed by atoms with Crippen molar-refractivity contribution in [2.45, 2.75) is 37.5 Å². The molecule has 0 saturated carbocycles. The van der Waals surface area contributed by atoms with Gasteiger partial charge in [-0.15, -0.1) is 0 Å². The van der Waals surface area contributed by atoms with Crippen LogP contribution in [-0.4, -0.2) is 52.7 Å². The van der Waals surface area contributed by atoms with Crippen molar-refractivity contribution in [3.05, 3.63) is 46.3 Å². The summed E-state index contributed by atoms with van der Waals surface area (Å²) < 4.78 is 13.2. The number of nitrogens with one attached hydrogen (secondary N) is 2. The van der Waals surface area contributed by atoms with Crippen LogP contribution < -0.4 is 16.4 Å². The Kier molecular flexibility index (Phi) is 7.50. The highest BCUT2D eigenvalue weighted by Gasteiger charge is 2.33. The topological polar surface area (TPSA) is 142 Å². The van der Waals surface area contributed by atoms with Crippen LogP contribution >= 0.6 is 11.6 Å². The lowest BCUT2D eigenvalue weighted by molar-refractivity contribution is -0.120. The number of hydrogen-bond donors (Lipinski definition) is 5. The molecule has 28 heavy (non-hydrogen) atoms. The SMILES string of the molecule is NC(=O)CCCNC(=O)C1=CC(NC(=O)c2ccc(F)c(Cl)c2)C(O)C(O)C1. The number of aliphatic hydroxyl groups is 2. The van der Waals surface area contributed by atoms with E-state index in [1.54, 1.807) is 0 Å². The molecule has 2 rings (SSSR count). The summed E-state index contributed by atoms with van der Waals surface area (Å²) >= 11 is 5.66. The van der Waals surface area contributed by atoms with Gasteiger partial charge in [-0.1, -0.05) is 17.7 Å². The van der Waals surface area contributed by atoms with E-state index in [9.17, 15) is 29.0 Å². The Hall–Kier alpha value is -2.49. The molecule has 0 aromatic heterocycles. The third-order valence-electron chi connectivity index (χ3n) is 4.23. The monoisotopic (exact) mass is 413 g/mol. The third kappa shape index (κ3) is 5.75. The number of primary amides is 1. The van der Waals surface area contributed by atoms with Gasteiger partial charge in [0.2, 0.25) is 11.8 Å². The van der Waals surface area contributed by atoms with Gasteiger partial charge in [0.1, 0.15) is 11.9 Å². The molecule has 3 amide bonds. The maximum atomic E-state index is 13.2. The molecule has 0 saturated heterocycles. The van der Waals surface area contributed by atoms with Crippen LogP contribution in [0, 0.1) is 5.82 Å². The van der Waals surface area contributed by atoms with Gasteiger partial charge >= 0.3 is 0 Å². The van der Waals surface area contributed by atoms with Gasteiger partial charge in [-0.05, 0) is 24.6 Å². The molecule has 1 aromatic carbocycles. The van der Waals surface area contributed by atoms with E-state index in [0.717, 1.165) is 12.1 Å². The molecule has 6 N–H and O–H groups in total. The van der Waals surface area contributed by atoms with E-state index >= 15 is 0 Å². The molecule has 10 heteroatoms. The van der Waals surface area contributed by atoms with E-state index in [1.165, 1.54) is 12.1 Å². The summed E-state index contributed by atoms with van der Waals surface area (Å²) in [5.74, 6) is -2.30. The fraction of sp³-hybridized carbons (Fsp3) is 0.389. The summed E-state index contributed by atoms with van der Waals surface area (Å²) in [6.07, 6.45) is -0.851. The summed E-state index contributed by atoms with van der Waals surface area (Å²) in [7, 11) is 0. The predicted molar refractivity (Wildman–Crippen MR) is 98.8 cm³/mol. The molecule has 0 bridgehead atoms. The van der Waals surface area contributed by atoms with Gasteiger partial charge in [0.25, 0.3) is 5.91 Å². The first-order valence-corrected chi connectivity index (χ1v) is 8.96. The maximum Gasteiger partial charge on any atom is 0.251 e. The van der Waals surface area contributed by atoms with Crippen molar-refractivity contribution in [3.63, 3.8) is 0 Å². The number of amides is 3. The Labute approximate surface area is 165 Å². The summed E-state index contributed by atoms with van der Waals surface area (Å²) in [5, 5.41) is 25.0. The van der Waals surface area contributed by atoms with E-state index in [0.29, 0.717) is 6.42 Å². The van der Waals surface area contributed by atoms with Crippen molar-refractivity contribution >= 4 is 29.3 Å². The van der Waals surface area contributed by atoms with Gasteiger partial charge in [-0.2, -0.15) is 0 Å². The molecule has 0 fully saturated rings. The zero-order valence-corrected chi connectivity index (χ0v) is 15.6. The van der Waals surface area contributed by atoms with Crippen LogP contribution in [-0.2, 0) is 9.59 Å². The molecular weight excluding hydrogens is 393 g/mol. The standard InChI is InChI=1S/C18H21ClFN3O5/c19-11-6-9(3-4-12(11)20)18(28)23-13-7-10(8-14(24)16(13)26)17(27)22-5-1-2-15(21)25/h3-4,6-7,13-14,16,24,26H,1-2,5,8H2,(H2,21,25)(H,22,27)(H,23,28). The van der Waals surface area contributed by atoms with Gasteiger partial charge < -0.3 is 26.6 Å². The average Bonchev–Trinajstić information content (AvgIpc) is 2.64. The second kappa shape index (κ2) is 9.63. The molecule has 1 aromatic rings. The van der Waals surface area contributed by atoms with E-state index in [4.69, 9.17) is 17.3 Å². The number of hydrogen-bond acceptors (Lipinski definition) is 5. The quantitative estimate of drug-likeness (QED) is 0.400. The summed E-state index contributed by atoms with van der Waals surface area (Å²) in [4.78, 5) is 35.2. The molecule has 1 aliphatic carbocycles. The Morgan fingerprint density at radius 2 is 1.96 bits per heavy atom. The number of aliphatic hydroxyl groups excluding tert-OH is 2. The number of carbonyl (C=O) groups is 3. The molecule has 1 aliphatic rings. The Morgan fingerprint density at radius 3 is 2.61 bits per heavy atom. The van der Waals surface area contributed by atoms with Crippen LogP contribution in [0.5, 0.6) is 0 Å². The van der Waals surface area contributed by atoms with Gasteiger partial charge in [0.05, 0.1) is 17.2 Å². The van der Waals surface area contributed by atoms with Crippen LogP contribution in [0.25, 0.3) is 0 Å². The van der Waals surface area contributed by atoms with Crippen molar-refractivity contribution in [2.24, 2.45) is 5.73 Å². The van der Waals surface area contributed by atoms with Crippen molar-refractivity contribution in [1.82, 2.24) is 10.6 Å². The highest BCUT2D eigenvalue weighted by Crippen LogP contribution is 2.21. The van der Waals surface area contributed by atoms with Crippen LogP contribution in [0.1, 0.15) is 29.6 Å². The van der Waals surface area contributed by atoms with Gasteiger partial charge in [0.15, 0.2) is 0 Å². The molecule has 152 valence electrons. The van der Waals surface area contributed by atoms with Crippen LogP contribution in [0.3, 0.4) is 0 Å². The number of benzene rings is 1. The lowest BCUT2D eigenvalue weighted by Gasteiger charge is -2.31. The summed E-state index contributed by atoms with van der Waals surface area (Å²) in [6.45, 7) is 0.211. The summed E-state index contributed by atoms with van der Waals surface area (Å²) in [5.41, 5.74) is 5.26. The Bertz CT molecular complexity index is 801. The molecule has 0 aliphatic heterocycles. The first-order chi connectivity index (χ1) is 13.2. The van der Waals surface area contributed by atoms with Gasteiger partial charge in [0, 0.05) is 30.5 Å². The number of carbonyl (C=O) groups excluding carboxylic acids is 3. The molecule has 3 atom stereocenters. The molecule has 0 heterocycles. The first kappa shape index (κ1) is 21.8. The molecule has 0 radical (unpaired) electrons. The zero-order valence-electron chi connectivity index (χ0n) is 14.8. The smallest absolute Gasteiger partial charge is 0.251 e. The van der Waals surface area contributed by atoms with Crippen molar-refractivity contribution in [3.8, 4) is 0 Å². The van der Waals surface area contributed by atoms with Crippen molar-refractivity contribution in [1.29, 1.82) is 0 Å². The highest BCUT2D eigenvalue weighted by molar-refractivity contribution is 6.31. The average molecular weight is 414 g/mol. The van der Waals surface area contributed by atoms with E-state index in [1.807, 2.05) is 0 Å². The van der Waals surface area contributed by atoms with Gasteiger partial charge in [-0.25, -0.2) is 4.39 Å². The van der Waals surface area contributed by atoms with E-state index < -0.39 is 41.8 Å². The van der Waals surface area contributed by atoms with E-state index in [2.05, 4.69) is 10.6 Å². The molecule has 0 spiro atoms. The largest absolute Gasteiger partial charge is 0.390 e. The molecular formula is C18H21ClFN3O5. The highest BCUT2D eigenvalue weighted by atomic mass is 35.5. The third-order valence-corrected chi connectivity index (χ3v) is 4.52. The molecule has 8 nitrogen and oxygen atoms in total. The number of halogens is 2. The minimum atomic E-state index is -1.33. The second-order valence-electron chi connectivity index (χ2n) is 6.41. The summed E-state index contributed by atoms with van der Waals surface area (Å²) in [6, 6.07) is 2.35. The fourth-order valence-electron chi connectivity index (χ4n) is 2.71. The lowest BCUT2D eigenvalue weighted by Crippen LogP contribution is -2.51. The van der Waals surface area contributed by atoms with Crippen LogP contribution in [0.4, 0.5) is 4.39 Å².